The summed E-state index contributed by atoms with van der Waals surface area (Å²) in [6, 6.07) is 9.19. The second kappa shape index (κ2) is 9.94. The molecule has 0 atom stereocenters. The first kappa shape index (κ1) is 20.7. The van der Waals surface area contributed by atoms with E-state index >= 15 is 0 Å². The number of ether oxygens (including phenoxy) is 2. The van der Waals surface area contributed by atoms with Crippen molar-refractivity contribution in [1.29, 1.82) is 0 Å². The van der Waals surface area contributed by atoms with Crippen LogP contribution in [0.5, 0.6) is 0 Å². The van der Waals surface area contributed by atoms with E-state index in [1.165, 1.54) is 35.3 Å². The van der Waals surface area contributed by atoms with E-state index in [-0.39, 0.29) is 18.4 Å². The van der Waals surface area contributed by atoms with Gasteiger partial charge in [0.25, 0.3) is 5.91 Å². The molecule has 0 saturated carbocycles. The number of nitrogens with zero attached hydrogens (tertiary/aromatic N) is 3. The first-order valence-corrected chi connectivity index (χ1v) is 9.94. The number of anilines is 2. The molecule has 0 radical (unpaired) electrons. The highest BCUT2D eigenvalue weighted by Crippen LogP contribution is 2.28. The van der Waals surface area contributed by atoms with Gasteiger partial charge in [0.1, 0.15) is 0 Å². The van der Waals surface area contributed by atoms with Crippen LogP contribution in [0.4, 0.5) is 10.8 Å². The van der Waals surface area contributed by atoms with Gasteiger partial charge in [0, 0.05) is 31.5 Å². The third-order valence-corrected chi connectivity index (χ3v) is 4.97. The lowest BCUT2D eigenvalue weighted by molar-refractivity contribution is -0.150. The predicted molar refractivity (Wildman–Crippen MR) is 109 cm³/mol. The molecule has 1 aromatic heterocycles. The van der Waals surface area contributed by atoms with E-state index in [4.69, 9.17) is 9.47 Å². The minimum atomic E-state index is -0.632. The summed E-state index contributed by atoms with van der Waals surface area (Å²) < 4.78 is 10.2. The molecule has 2 amide bonds. The largest absolute Gasteiger partial charge is 0.452 e. The number of carbonyl (C=O) groups excluding carboxylic acids is 3. The van der Waals surface area contributed by atoms with Gasteiger partial charge >= 0.3 is 5.97 Å². The van der Waals surface area contributed by atoms with E-state index in [1.54, 1.807) is 10.3 Å². The molecular formula is C20H21N3O5S. The molecule has 8 nitrogen and oxygen atoms in total. The van der Waals surface area contributed by atoms with Crippen molar-refractivity contribution in [3.63, 3.8) is 0 Å². The van der Waals surface area contributed by atoms with Crippen LogP contribution in [0.2, 0.25) is 0 Å². The number of benzene rings is 1. The van der Waals surface area contributed by atoms with E-state index in [0.29, 0.717) is 42.8 Å². The number of thiazole rings is 1. The molecule has 3 rings (SSSR count). The van der Waals surface area contributed by atoms with E-state index in [2.05, 4.69) is 4.98 Å². The van der Waals surface area contributed by atoms with Crippen LogP contribution in [0.1, 0.15) is 12.6 Å². The fourth-order valence-corrected chi connectivity index (χ4v) is 3.55. The first-order chi connectivity index (χ1) is 14.0. The number of hydrogen-bond donors (Lipinski definition) is 0. The number of esters is 1. The van der Waals surface area contributed by atoms with Gasteiger partial charge in [-0.2, -0.15) is 0 Å². The maximum Gasteiger partial charge on any atom is 0.331 e. The Balaban J connectivity index is 1.57. The molecule has 0 N–H and O–H groups in total. The van der Waals surface area contributed by atoms with Gasteiger partial charge in [-0.15, -0.1) is 11.3 Å². The zero-order chi connectivity index (χ0) is 20.6. The summed E-state index contributed by atoms with van der Waals surface area (Å²) >= 11 is 1.29. The van der Waals surface area contributed by atoms with Gasteiger partial charge in [-0.3, -0.25) is 14.5 Å². The maximum atomic E-state index is 12.1. The maximum absolute atomic E-state index is 12.1. The first-order valence-electron chi connectivity index (χ1n) is 9.06. The van der Waals surface area contributed by atoms with Crippen molar-refractivity contribution < 1.29 is 23.9 Å². The Hall–Kier alpha value is -3.04. The van der Waals surface area contributed by atoms with Crippen LogP contribution in [0.3, 0.4) is 0 Å². The molecule has 0 aliphatic carbocycles. The zero-order valence-electron chi connectivity index (χ0n) is 15.9. The zero-order valence-corrected chi connectivity index (χ0v) is 16.8. The summed E-state index contributed by atoms with van der Waals surface area (Å²) in [6.45, 7) is 3.14. The van der Waals surface area contributed by atoms with Crippen LogP contribution in [0.25, 0.3) is 6.08 Å². The highest BCUT2D eigenvalue weighted by molar-refractivity contribution is 7.14. The molecule has 1 aromatic carbocycles. The molecule has 0 spiro atoms. The average molecular weight is 415 g/mol. The number of para-hydroxylation sites is 1. The lowest BCUT2D eigenvalue weighted by Crippen LogP contribution is -2.42. The topological polar surface area (TPSA) is 89.0 Å². The summed E-state index contributed by atoms with van der Waals surface area (Å²) in [5.41, 5.74) is 1.23. The minimum absolute atomic E-state index is 0.165. The quantitative estimate of drug-likeness (QED) is 0.531. The van der Waals surface area contributed by atoms with Crippen LogP contribution in [0.15, 0.2) is 41.8 Å². The Bertz CT molecular complexity index is 891. The molecule has 1 aliphatic heterocycles. The Morgan fingerprint density at radius 2 is 1.97 bits per heavy atom. The van der Waals surface area contributed by atoms with Gasteiger partial charge in [-0.25, -0.2) is 9.78 Å². The predicted octanol–water partition coefficient (Wildman–Crippen LogP) is 2.24. The summed E-state index contributed by atoms with van der Waals surface area (Å²) in [7, 11) is 0. The van der Waals surface area contributed by atoms with Crippen LogP contribution in [0, 0.1) is 0 Å². The Morgan fingerprint density at radius 3 is 2.66 bits per heavy atom. The highest BCUT2D eigenvalue weighted by Gasteiger charge is 2.18. The van der Waals surface area contributed by atoms with Crippen molar-refractivity contribution in [3.8, 4) is 0 Å². The fourth-order valence-electron chi connectivity index (χ4n) is 2.70. The van der Waals surface area contributed by atoms with Gasteiger partial charge in [0.2, 0.25) is 5.91 Å². The SMILES string of the molecule is CC(=O)N(c1ccccc1)c1nc(/C=C/C(=O)OCC(=O)N2CCOCC2)cs1. The molecule has 0 unspecified atom stereocenters. The van der Waals surface area contributed by atoms with E-state index in [9.17, 15) is 14.4 Å². The molecule has 2 heterocycles. The van der Waals surface area contributed by atoms with Crippen LogP contribution >= 0.6 is 11.3 Å². The van der Waals surface area contributed by atoms with Gasteiger partial charge in [0.15, 0.2) is 11.7 Å². The molecule has 1 saturated heterocycles. The smallest absolute Gasteiger partial charge is 0.331 e. The Labute approximate surface area is 172 Å². The number of carbonyl (C=O) groups is 3. The highest BCUT2D eigenvalue weighted by atomic mass is 32.1. The number of amides is 2. The average Bonchev–Trinajstić information content (AvgIpc) is 3.20. The third kappa shape index (κ3) is 5.72. The molecule has 152 valence electrons. The van der Waals surface area contributed by atoms with Gasteiger partial charge in [-0.1, -0.05) is 18.2 Å². The van der Waals surface area contributed by atoms with Crippen LogP contribution < -0.4 is 4.90 Å². The van der Waals surface area contributed by atoms with Crippen LogP contribution in [-0.2, 0) is 23.9 Å². The summed E-state index contributed by atoms with van der Waals surface area (Å²) in [5, 5.41) is 2.23. The molecule has 0 bridgehead atoms. The van der Waals surface area contributed by atoms with Crippen molar-refractivity contribution in [2.45, 2.75) is 6.92 Å². The number of rotatable bonds is 6. The number of morpholine rings is 1. The van der Waals surface area contributed by atoms with Crippen molar-refractivity contribution in [1.82, 2.24) is 9.88 Å². The second-order valence-corrected chi connectivity index (χ2v) is 7.02. The summed E-state index contributed by atoms with van der Waals surface area (Å²) in [4.78, 5) is 43.4. The monoisotopic (exact) mass is 415 g/mol. The van der Waals surface area contributed by atoms with Gasteiger partial charge < -0.3 is 14.4 Å². The number of hydrogen-bond acceptors (Lipinski definition) is 7. The van der Waals surface area contributed by atoms with E-state index < -0.39 is 5.97 Å². The van der Waals surface area contributed by atoms with Gasteiger partial charge in [0.05, 0.1) is 24.6 Å². The normalized spacial score (nSPS) is 14.0. The Kier molecular flexibility index (Phi) is 7.09. The molecule has 1 aliphatic rings. The number of aromatic nitrogens is 1. The fraction of sp³-hybridized carbons (Fsp3) is 0.300. The summed E-state index contributed by atoms with van der Waals surface area (Å²) in [6.07, 6.45) is 2.71. The Morgan fingerprint density at radius 1 is 1.24 bits per heavy atom. The lowest BCUT2D eigenvalue weighted by atomic mass is 10.3. The second-order valence-electron chi connectivity index (χ2n) is 6.18. The van der Waals surface area contributed by atoms with Crippen LogP contribution in [-0.4, -0.2) is 60.6 Å². The summed E-state index contributed by atoms with van der Waals surface area (Å²) in [5.74, 6) is -1.04. The molecule has 2 aromatic rings. The molecule has 1 fully saturated rings. The van der Waals surface area contributed by atoms with Crippen molar-refractivity contribution >= 4 is 46.0 Å². The van der Waals surface area contributed by atoms with Crippen molar-refractivity contribution in [2.75, 3.05) is 37.8 Å². The minimum Gasteiger partial charge on any atom is -0.452 e. The van der Waals surface area contributed by atoms with Gasteiger partial charge in [-0.05, 0) is 18.2 Å². The van der Waals surface area contributed by atoms with Crippen molar-refractivity contribution in [2.24, 2.45) is 0 Å². The van der Waals surface area contributed by atoms with E-state index in [0.717, 1.165) is 0 Å². The standard InChI is InChI=1S/C20H21N3O5S/c1-15(24)23(17-5-3-2-4-6-17)20-21-16(14-29-20)7-8-19(26)28-13-18(25)22-9-11-27-12-10-22/h2-8,14H,9-13H2,1H3/b8-7+. The van der Waals surface area contributed by atoms with E-state index in [1.807, 2.05) is 30.3 Å². The molecule has 9 heteroatoms. The lowest BCUT2D eigenvalue weighted by Gasteiger charge is -2.26. The molecule has 29 heavy (non-hydrogen) atoms. The third-order valence-electron chi connectivity index (χ3n) is 4.12. The molecular weight excluding hydrogens is 394 g/mol. The van der Waals surface area contributed by atoms with Crippen molar-refractivity contribution in [3.05, 3.63) is 47.5 Å².